The van der Waals surface area contributed by atoms with Crippen LogP contribution in [0.2, 0.25) is 0 Å². The second-order valence-electron chi connectivity index (χ2n) is 4.74. The third-order valence-electron chi connectivity index (χ3n) is 2.91. The van der Waals surface area contributed by atoms with Crippen molar-refractivity contribution >= 4 is 11.8 Å². The van der Waals surface area contributed by atoms with Crippen LogP contribution >= 0.6 is 11.8 Å². The predicted octanol–water partition coefficient (Wildman–Crippen LogP) is 2.39. The molecule has 2 N–H and O–H groups in total. The molecule has 0 saturated carbocycles. The second kappa shape index (κ2) is 9.23. The first-order chi connectivity index (χ1) is 9.15. The Kier molecular flexibility index (Phi) is 7.94. The van der Waals surface area contributed by atoms with Gasteiger partial charge in [-0.1, -0.05) is 18.2 Å². The van der Waals surface area contributed by atoms with Gasteiger partial charge in [-0.2, -0.15) is 11.8 Å². The van der Waals surface area contributed by atoms with E-state index in [4.69, 9.17) is 4.74 Å². The minimum Gasteiger partial charge on any atom is -0.490 e. The van der Waals surface area contributed by atoms with Gasteiger partial charge >= 0.3 is 0 Å². The van der Waals surface area contributed by atoms with Crippen molar-refractivity contribution in [3.63, 3.8) is 0 Å². The summed E-state index contributed by atoms with van der Waals surface area (Å²) >= 11 is 1.84. The van der Waals surface area contributed by atoms with Crippen LogP contribution in [-0.2, 0) is 0 Å². The molecule has 0 aliphatic heterocycles. The maximum absolute atomic E-state index is 9.86. The van der Waals surface area contributed by atoms with Gasteiger partial charge in [0.05, 0.1) is 0 Å². The van der Waals surface area contributed by atoms with E-state index in [9.17, 15) is 5.11 Å². The third kappa shape index (κ3) is 6.32. The standard InChI is InChI=1S/C15H25NO2S/c1-12-6-4-7-13(2)15(12)18-11-14(17)10-16-8-5-9-19-3/h4,6-7,14,16-17H,5,8-11H2,1-3H3. The van der Waals surface area contributed by atoms with E-state index in [2.05, 4.69) is 11.6 Å². The molecule has 108 valence electrons. The Bertz CT molecular complexity index is 351. The van der Waals surface area contributed by atoms with Gasteiger partial charge in [-0.3, -0.25) is 0 Å². The average molecular weight is 283 g/mol. The van der Waals surface area contributed by atoms with Crippen LogP contribution in [0.1, 0.15) is 17.5 Å². The molecule has 1 atom stereocenters. The molecule has 0 aromatic heterocycles. The summed E-state index contributed by atoms with van der Waals surface area (Å²) in [5, 5.41) is 13.1. The summed E-state index contributed by atoms with van der Waals surface area (Å²) in [6.07, 6.45) is 2.77. The quantitative estimate of drug-likeness (QED) is 0.683. The van der Waals surface area contributed by atoms with E-state index in [0.717, 1.165) is 35.6 Å². The van der Waals surface area contributed by atoms with Gasteiger partial charge in [-0.15, -0.1) is 0 Å². The highest BCUT2D eigenvalue weighted by molar-refractivity contribution is 7.98. The van der Waals surface area contributed by atoms with Crippen LogP contribution in [0.4, 0.5) is 0 Å². The number of aliphatic hydroxyl groups excluding tert-OH is 1. The Morgan fingerprint density at radius 2 is 2.00 bits per heavy atom. The molecule has 19 heavy (non-hydrogen) atoms. The lowest BCUT2D eigenvalue weighted by atomic mass is 10.1. The van der Waals surface area contributed by atoms with Crippen molar-refractivity contribution in [3.05, 3.63) is 29.3 Å². The maximum Gasteiger partial charge on any atom is 0.125 e. The van der Waals surface area contributed by atoms with E-state index >= 15 is 0 Å². The SMILES string of the molecule is CSCCCNCC(O)COc1c(C)cccc1C. The van der Waals surface area contributed by atoms with E-state index in [1.54, 1.807) is 0 Å². The second-order valence-corrected chi connectivity index (χ2v) is 5.72. The van der Waals surface area contributed by atoms with Crippen LogP contribution in [0.25, 0.3) is 0 Å². The Balaban J connectivity index is 2.24. The van der Waals surface area contributed by atoms with Crippen molar-refractivity contribution in [2.24, 2.45) is 0 Å². The van der Waals surface area contributed by atoms with Gasteiger partial charge in [0.1, 0.15) is 18.5 Å². The van der Waals surface area contributed by atoms with E-state index < -0.39 is 6.10 Å². The van der Waals surface area contributed by atoms with Crippen LogP contribution in [-0.4, -0.2) is 42.9 Å². The number of ether oxygens (including phenoxy) is 1. The molecule has 4 heteroatoms. The first-order valence-electron chi connectivity index (χ1n) is 6.72. The zero-order valence-electron chi connectivity index (χ0n) is 12.1. The lowest BCUT2D eigenvalue weighted by Crippen LogP contribution is -2.32. The highest BCUT2D eigenvalue weighted by Gasteiger charge is 2.08. The Hall–Kier alpha value is -0.710. The zero-order chi connectivity index (χ0) is 14.1. The number of hydrogen-bond acceptors (Lipinski definition) is 4. The summed E-state index contributed by atoms with van der Waals surface area (Å²) in [5.41, 5.74) is 2.22. The van der Waals surface area contributed by atoms with E-state index in [-0.39, 0.29) is 0 Å². The number of aliphatic hydroxyl groups is 1. The predicted molar refractivity (Wildman–Crippen MR) is 83.3 cm³/mol. The minimum atomic E-state index is -0.465. The van der Waals surface area contributed by atoms with Crippen molar-refractivity contribution in [1.29, 1.82) is 0 Å². The highest BCUT2D eigenvalue weighted by Crippen LogP contribution is 2.22. The summed E-state index contributed by atoms with van der Waals surface area (Å²) in [6, 6.07) is 6.06. The van der Waals surface area contributed by atoms with Gasteiger partial charge in [-0.25, -0.2) is 0 Å². The molecule has 1 unspecified atom stereocenters. The molecule has 0 heterocycles. The minimum absolute atomic E-state index is 0.335. The largest absolute Gasteiger partial charge is 0.490 e. The van der Waals surface area contributed by atoms with Gasteiger partial charge in [0.25, 0.3) is 0 Å². The molecule has 3 nitrogen and oxygen atoms in total. The van der Waals surface area contributed by atoms with E-state index in [1.807, 2.05) is 43.8 Å². The van der Waals surface area contributed by atoms with Gasteiger partial charge < -0.3 is 15.2 Å². The molecule has 1 aromatic rings. The summed E-state index contributed by atoms with van der Waals surface area (Å²) < 4.78 is 5.71. The summed E-state index contributed by atoms with van der Waals surface area (Å²) in [5.74, 6) is 2.05. The monoisotopic (exact) mass is 283 g/mol. The fraction of sp³-hybridized carbons (Fsp3) is 0.600. The third-order valence-corrected chi connectivity index (χ3v) is 3.61. The zero-order valence-corrected chi connectivity index (χ0v) is 12.9. The Morgan fingerprint density at radius 3 is 2.63 bits per heavy atom. The van der Waals surface area contributed by atoms with Crippen molar-refractivity contribution < 1.29 is 9.84 Å². The van der Waals surface area contributed by atoms with Crippen LogP contribution < -0.4 is 10.1 Å². The molecule has 0 fully saturated rings. The molecule has 0 amide bonds. The summed E-state index contributed by atoms with van der Waals surface area (Å²) in [7, 11) is 0. The Morgan fingerprint density at radius 1 is 1.32 bits per heavy atom. The number of nitrogens with one attached hydrogen (secondary N) is 1. The highest BCUT2D eigenvalue weighted by atomic mass is 32.2. The van der Waals surface area contributed by atoms with Crippen molar-refractivity contribution in [2.45, 2.75) is 26.4 Å². The molecule has 0 saturated heterocycles. The van der Waals surface area contributed by atoms with Crippen molar-refractivity contribution in [3.8, 4) is 5.75 Å². The van der Waals surface area contributed by atoms with E-state index in [1.165, 1.54) is 0 Å². The van der Waals surface area contributed by atoms with Crippen molar-refractivity contribution in [2.75, 3.05) is 31.7 Å². The van der Waals surface area contributed by atoms with Crippen LogP contribution in [0.5, 0.6) is 5.75 Å². The van der Waals surface area contributed by atoms with Crippen molar-refractivity contribution in [1.82, 2.24) is 5.32 Å². The molecule has 0 spiro atoms. The molecule has 0 radical (unpaired) electrons. The number of para-hydroxylation sites is 1. The maximum atomic E-state index is 9.86. The topological polar surface area (TPSA) is 41.5 Å². The molecule has 1 aromatic carbocycles. The smallest absolute Gasteiger partial charge is 0.125 e. The number of rotatable bonds is 9. The number of thioether (sulfide) groups is 1. The number of hydrogen-bond donors (Lipinski definition) is 2. The van der Waals surface area contributed by atoms with Crippen LogP contribution in [0.3, 0.4) is 0 Å². The summed E-state index contributed by atoms with van der Waals surface area (Å²) in [4.78, 5) is 0. The van der Waals surface area contributed by atoms with Gasteiger partial charge in [-0.05, 0) is 49.9 Å². The normalized spacial score (nSPS) is 12.4. The fourth-order valence-electron chi connectivity index (χ4n) is 1.88. The van der Waals surface area contributed by atoms with Gasteiger partial charge in [0, 0.05) is 6.54 Å². The molecule has 0 aliphatic carbocycles. The first kappa shape index (κ1) is 16.3. The lowest BCUT2D eigenvalue weighted by Gasteiger charge is -2.16. The number of benzene rings is 1. The average Bonchev–Trinajstić information content (AvgIpc) is 2.38. The first-order valence-corrected chi connectivity index (χ1v) is 8.11. The van der Waals surface area contributed by atoms with Crippen LogP contribution in [0.15, 0.2) is 18.2 Å². The summed E-state index contributed by atoms with van der Waals surface area (Å²) in [6.45, 7) is 5.91. The molecular formula is C15H25NO2S. The number of aryl methyl sites for hydroxylation is 2. The molecule has 1 rings (SSSR count). The van der Waals surface area contributed by atoms with E-state index in [0.29, 0.717) is 13.2 Å². The Labute approximate surface area is 120 Å². The molecule has 0 aliphatic rings. The molecular weight excluding hydrogens is 258 g/mol. The lowest BCUT2D eigenvalue weighted by molar-refractivity contribution is 0.106. The van der Waals surface area contributed by atoms with Gasteiger partial charge in [0.15, 0.2) is 0 Å². The van der Waals surface area contributed by atoms with Crippen LogP contribution in [0, 0.1) is 13.8 Å². The molecule has 0 bridgehead atoms. The fourth-order valence-corrected chi connectivity index (χ4v) is 2.31. The van der Waals surface area contributed by atoms with Gasteiger partial charge in [0.2, 0.25) is 0 Å².